The number of aliphatic hydroxyl groups is 1. The Balaban J connectivity index is 1.46. The lowest BCUT2D eigenvalue weighted by Crippen LogP contribution is -2.47. The van der Waals surface area contributed by atoms with Crippen LogP contribution >= 0.6 is 0 Å². The Morgan fingerprint density at radius 2 is 1.47 bits per heavy atom. The average Bonchev–Trinajstić information content (AvgIpc) is 3.15. The summed E-state index contributed by atoms with van der Waals surface area (Å²) in [6.07, 6.45) is 7.72. The van der Waals surface area contributed by atoms with E-state index in [1.54, 1.807) is 0 Å². The van der Waals surface area contributed by atoms with Gasteiger partial charge in [0.05, 0.1) is 0 Å². The van der Waals surface area contributed by atoms with E-state index in [9.17, 15) is 0 Å². The van der Waals surface area contributed by atoms with Crippen molar-refractivity contribution in [3.8, 4) is 0 Å². The number of aliphatic hydroxyl groups excluding tert-OH is 1. The molecule has 2 rings (SSSR count). The minimum atomic E-state index is 0.361. The quantitative estimate of drug-likeness (QED) is 0.652. The summed E-state index contributed by atoms with van der Waals surface area (Å²) < 4.78 is 0. The predicted octanol–water partition coefficient (Wildman–Crippen LogP) is 1.57. The highest BCUT2D eigenvalue weighted by Crippen LogP contribution is 2.29. The van der Waals surface area contributed by atoms with Crippen LogP contribution in [0.5, 0.6) is 0 Å². The van der Waals surface area contributed by atoms with E-state index in [-0.39, 0.29) is 0 Å². The summed E-state index contributed by atoms with van der Waals surface area (Å²) in [6, 6.07) is 0. The molecule has 0 aromatic heterocycles. The number of rotatable bonds is 8. The van der Waals surface area contributed by atoms with Crippen molar-refractivity contribution in [3.63, 3.8) is 0 Å². The van der Waals surface area contributed by atoms with E-state index in [1.165, 1.54) is 71.4 Å². The molecule has 17 heavy (non-hydrogen) atoms. The minimum absolute atomic E-state index is 0.361. The molecule has 3 nitrogen and oxygen atoms in total. The molecule has 1 heterocycles. The third-order valence-corrected chi connectivity index (χ3v) is 4.06. The molecule has 0 amide bonds. The highest BCUT2D eigenvalue weighted by Gasteiger charge is 2.26. The number of hydrogen-bond acceptors (Lipinski definition) is 3. The van der Waals surface area contributed by atoms with Gasteiger partial charge < -0.3 is 14.9 Å². The number of nitrogens with zero attached hydrogens (tertiary/aromatic N) is 2. The predicted molar refractivity (Wildman–Crippen MR) is 71.2 cm³/mol. The molecule has 0 bridgehead atoms. The van der Waals surface area contributed by atoms with E-state index in [1.807, 2.05) is 0 Å². The first kappa shape index (κ1) is 13.3. The molecule has 1 N–H and O–H groups in total. The van der Waals surface area contributed by atoms with Gasteiger partial charge in [0, 0.05) is 39.3 Å². The standard InChI is InChI=1S/C14H28N2O/c17-12-4-2-1-3-7-15-8-10-16(11-9-15)13-14-5-6-14/h14,17H,1-13H2. The van der Waals surface area contributed by atoms with Crippen molar-refractivity contribution >= 4 is 0 Å². The van der Waals surface area contributed by atoms with Crippen LogP contribution in [-0.2, 0) is 0 Å². The smallest absolute Gasteiger partial charge is 0.0431 e. The molecule has 1 saturated carbocycles. The van der Waals surface area contributed by atoms with Crippen molar-refractivity contribution in [2.24, 2.45) is 5.92 Å². The largest absolute Gasteiger partial charge is 0.396 e. The lowest BCUT2D eigenvalue weighted by Gasteiger charge is -2.34. The first-order chi connectivity index (χ1) is 8.38. The summed E-state index contributed by atoms with van der Waals surface area (Å²) in [6.45, 7) is 8.10. The van der Waals surface area contributed by atoms with E-state index < -0.39 is 0 Å². The van der Waals surface area contributed by atoms with E-state index in [4.69, 9.17) is 5.11 Å². The van der Waals surface area contributed by atoms with Crippen molar-refractivity contribution in [3.05, 3.63) is 0 Å². The zero-order valence-corrected chi connectivity index (χ0v) is 11.1. The van der Waals surface area contributed by atoms with E-state index in [0.717, 1.165) is 12.3 Å². The van der Waals surface area contributed by atoms with E-state index in [2.05, 4.69) is 9.80 Å². The van der Waals surface area contributed by atoms with Crippen LogP contribution in [0.3, 0.4) is 0 Å². The molecule has 1 aliphatic heterocycles. The van der Waals surface area contributed by atoms with Gasteiger partial charge in [-0.1, -0.05) is 12.8 Å². The lowest BCUT2D eigenvalue weighted by atomic mass is 10.2. The lowest BCUT2D eigenvalue weighted by molar-refractivity contribution is 0.126. The molecule has 1 saturated heterocycles. The number of piperazine rings is 1. The maximum absolute atomic E-state index is 8.70. The monoisotopic (exact) mass is 240 g/mol. The second-order valence-corrected chi connectivity index (χ2v) is 5.72. The normalized spacial score (nSPS) is 23.1. The Labute approximate surface area is 106 Å². The highest BCUT2D eigenvalue weighted by atomic mass is 16.2. The molecule has 0 aromatic carbocycles. The fourth-order valence-electron chi connectivity index (χ4n) is 2.66. The third kappa shape index (κ3) is 5.36. The van der Waals surface area contributed by atoms with Crippen LogP contribution in [0.2, 0.25) is 0 Å². The van der Waals surface area contributed by atoms with E-state index >= 15 is 0 Å². The van der Waals surface area contributed by atoms with Crippen molar-refractivity contribution in [1.29, 1.82) is 0 Å². The molecular formula is C14H28N2O. The molecule has 2 aliphatic rings. The first-order valence-corrected chi connectivity index (χ1v) is 7.44. The Morgan fingerprint density at radius 3 is 2.12 bits per heavy atom. The second-order valence-electron chi connectivity index (χ2n) is 5.72. The van der Waals surface area contributed by atoms with Crippen LogP contribution in [0.4, 0.5) is 0 Å². The van der Waals surface area contributed by atoms with Gasteiger partial charge in [0.2, 0.25) is 0 Å². The van der Waals surface area contributed by atoms with Crippen LogP contribution in [0.1, 0.15) is 38.5 Å². The summed E-state index contributed by atoms with van der Waals surface area (Å²) in [5.74, 6) is 1.04. The van der Waals surface area contributed by atoms with Gasteiger partial charge >= 0.3 is 0 Å². The molecule has 0 radical (unpaired) electrons. The molecule has 0 unspecified atom stereocenters. The number of hydrogen-bond donors (Lipinski definition) is 1. The molecule has 100 valence electrons. The Hall–Kier alpha value is -0.120. The van der Waals surface area contributed by atoms with Crippen molar-refractivity contribution < 1.29 is 5.11 Å². The molecule has 0 spiro atoms. The summed E-state index contributed by atoms with van der Waals surface area (Å²) in [7, 11) is 0. The highest BCUT2D eigenvalue weighted by molar-refractivity contribution is 4.80. The maximum atomic E-state index is 8.70. The molecule has 2 fully saturated rings. The summed E-state index contributed by atoms with van der Waals surface area (Å²) in [5.41, 5.74) is 0. The van der Waals surface area contributed by atoms with Crippen LogP contribution in [-0.4, -0.2) is 60.8 Å². The van der Waals surface area contributed by atoms with E-state index in [0.29, 0.717) is 6.61 Å². The van der Waals surface area contributed by atoms with Crippen LogP contribution in [0, 0.1) is 5.92 Å². The molecular weight excluding hydrogens is 212 g/mol. The van der Waals surface area contributed by atoms with Gasteiger partial charge in [0.25, 0.3) is 0 Å². The Morgan fingerprint density at radius 1 is 0.824 bits per heavy atom. The van der Waals surface area contributed by atoms with Gasteiger partial charge in [0.1, 0.15) is 0 Å². The van der Waals surface area contributed by atoms with Gasteiger partial charge in [-0.15, -0.1) is 0 Å². The van der Waals surface area contributed by atoms with Gasteiger partial charge in [-0.2, -0.15) is 0 Å². The zero-order chi connectivity index (χ0) is 11.9. The molecule has 0 atom stereocenters. The van der Waals surface area contributed by atoms with Gasteiger partial charge in [0.15, 0.2) is 0 Å². The minimum Gasteiger partial charge on any atom is -0.396 e. The van der Waals surface area contributed by atoms with Crippen molar-refractivity contribution in [1.82, 2.24) is 9.80 Å². The van der Waals surface area contributed by atoms with Crippen LogP contribution in [0.25, 0.3) is 0 Å². The van der Waals surface area contributed by atoms with Crippen molar-refractivity contribution in [2.75, 3.05) is 45.9 Å². The number of unbranched alkanes of at least 4 members (excludes halogenated alkanes) is 3. The summed E-state index contributed by atoms with van der Waals surface area (Å²) in [4.78, 5) is 5.27. The molecule has 1 aliphatic carbocycles. The molecule has 0 aromatic rings. The second kappa shape index (κ2) is 7.34. The Bertz CT molecular complexity index is 198. The summed E-state index contributed by atoms with van der Waals surface area (Å²) >= 11 is 0. The van der Waals surface area contributed by atoms with Gasteiger partial charge in [-0.3, -0.25) is 0 Å². The topological polar surface area (TPSA) is 26.7 Å². The Kier molecular flexibility index (Phi) is 5.75. The SMILES string of the molecule is OCCCCCCN1CCN(CC2CC2)CC1. The summed E-state index contributed by atoms with van der Waals surface area (Å²) in [5, 5.41) is 8.70. The van der Waals surface area contributed by atoms with Crippen molar-refractivity contribution in [2.45, 2.75) is 38.5 Å². The first-order valence-electron chi connectivity index (χ1n) is 7.44. The zero-order valence-electron chi connectivity index (χ0n) is 11.1. The fraction of sp³-hybridized carbons (Fsp3) is 1.00. The van der Waals surface area contributed by atoms with Gasteiger partial charge in [-0.05, 0) is 38.1 Å². The maximum Gasteiger partial charge on any atom is 0.0431 e. The van der Waals surface area contributed by atoms with Crippen LogP contribution in [0.15, 0.2) is 0 Å². The molecule has 3 heteroatoms. The average molecular weight is 240 g/mol. The third-order valence-electron chi connectivity index (χ3n) is 4.06. The van der Waals surface area contributed by atoms with Crippen LogP contribution < -0.4 is 0 Å². The fourth-order valence-corrected chi connectivity index (χ4v) is 2.66. The van der Waals surface area contributed by atoms with Gasteiger partial charge in [-0.25, -0.2) is 0 Å².